The van der Waals surface area contributed by atoms with Gasteiger partial charge in [0.2, 0.25) is 0 Å². The van der Waals surface area contributed by atoms with E-state index in [9.17, 15) is 13.2 Å². The van der Waals surface area contributed by atoms with E-state index in [1.165, 1.54) is 25.7 Å². The van der Waals surface area contributed by atoms with E-state index >= 15 is 0 Å². The molecule has 0 saturated heterocycles. The molecule has 2 aromatic heterocycles. The molecule has 2 rings (SSSR count). The predicted octanol–water partition coefficient (Wildman–Crippen LogP) is 2.25. The molecule has 98 valence electrons. The lowest BCUT2D eigenvalue weighted by molar-refractivity contribution is -0.142. The molecule has 0 spiro atoms. The maximum Gasteiger partial charge on any atom is 0.408 e. The summed E-state index contributed by atoms with van der Waals surface area (Å²) in [5.74, 6) is 0.297. The second kappa shape index (κ2) is 4.81. The summed E-state index contributed by atoms with van der Waals surface area (Å²) in [4.78, 5) is 3.99. The molecule has 0 aliphatic heterocycles. The van der Waals surface area contributed by atoms with Crippen molar-refractivity contribution in [2.75, 3.05) is 7.11 Å². The first-order valence-corrected chi connectivity index (χ1v) is 5.01. The van der Waals surface area contributed by atoms with E-state index in [-0.39, 0.29) is 18.3 Å². The van der Waals surface area contributed by atoms with E-state index in [1.54, 1.807) is 0 Å². The first-order valence-electron chi connectivity index (χ1n) is 5.01. The summed E-state index contributed by atoms with van der Waals surface area (Å²) < 4.78 is 47.7. The van der Waals surface area contributed by atoms with E-state index in [0.29, 0.717) is 5.56 Å². The number of aromatic nitrogens is 3. The third-order valence-corrected chi connectivity index (χ3v) is 2.10. The average molecular weight is 261 g/mol. The van der Waals surface area contributed by atoms with Crippen LogP contribution in [0.5, 0.6) is 0 Å². The first-order chi connectivity index (χ1) is 8.49. The Balaban J connectivity index is 2.36. The van der Waals surface area contributed by atoms with Gasteiger partial charge < -0.3 is 9.15 Å². The van der Waals surface area contributed by atoms with Crippen molar-refractivity contribution in [3.05, 3.63) is 24.4 Å². The van der Waals surface area contributed by atoms with Crippen LogP contribution in [0.3, 0.4) is 0 Å². The van der Waals surface area contributed by atoms with Crippen molar-refractivity contribution in [2.24, 2.45) is 0 Å². The summed E-state index contributed by atoms with van der Waals surface area (Å²) in [6.07, 6.45) is -1.69. The van der Waals surface area contributed by atoms with Gasteiger partial charge in [-0.25, -0.2) is 9.67 Å². The zero-order valence-electron chi connectivity index (χ0n) is 9.44. The smallest absolute Gasteiger partial charge is 0.408 e. The molecule has 2 aromatic rings. The lowest BCUT2D eigenvalue weighted by Gasteiger charge is -2.07. The maximum atomic E-state index is 12.4. The van der Waals surface area contributed by atoms with Gasteiger partial charge in [0.15, 0.2) is 11.6 Å². The largest absolute Gasteiger partial charge is 0.472 e. The van der Waals surface area contributed by atoms with E-state index in [0.717, 1.165) is 4.68 Å². The molecule has 0 aliphatic rings. The van der Waals surface area contributed by atoms with Crippen molar-refractivity contribution < 1.29 is 22.3 Å². The van der Waals surface area contributed by atoms with Gasteiger partial charge in [0, 0.05) is 7.11 Å². The van der Waals surface area contributed by atoms with Gasteiger partial charge in [-0.15, -0.1) is 0 Å². The molecule has 2 heterocycles. The number of alkyl halides is 3. The van der Waals surface area contributed by atoms with Crippen molar-refractivity contribution >= 4 is 0 Å². The second-order valence-electron chi connectivity index (χ2n) is 3.57. The average Bonchev–Trinajstić information content (AvgIpc) is 2.85. The molecule has 0 aliphatic carbocycles. The lowest BCUT2D eigenvalue weighted by atomic mass is 10.3. The fourth-order valence-electron chi connectivity index (χ4n) is 1.46. The predicted molar refractivity (Wildman–Crippen MR) is 54.5 cm³/mol. The van der Waals surface area contributed by atoms with E-state index in [2.05, 4.69) is 10.1 Å². The number of nitrogens with zero attached hydrogens (tertiary/aromatic N) is 3. The van der Waals surface area contributed by atoms with Gasteiger partial charge in [0.1, 0.15) is 19.4 Å². The number of hydrogen-bond donors (Lipinski definition) is 0. The van der Waals surface area contributed by atoms with Crippen LogP contribution in [0.15, 0.2) is 23.0 Å². The normalized spacial score (nSPS) is 12.0. The summed E-state index contributed by atoms with van der Waals surface area (Å²) in [7, 11) is 1.42. The maximum absolute atomic E-state index is 12.4. The molecular formula is C10H10F3N3O2. The molecule has 0 bridgehead atoms. The summed E-state index contributed by atoms with van der Waals surface area (Å²) in [6.45, 7) is -1.15. The third kappa shape index (κ3) is 2.89. The van der Waals surface area contributed by atoms with Crippen LogP contribution < -0.4 is 0 Å². The van der Waals surface area contributed by atoms with Gasteiger partial charge in [0.25, 0.3) is 0 Å². The Morgan fingerprint density at radius 3 is 2.78 bits per heavy atom. The summed E-state index contributed by atoms with van der Waals surface area (Å²) >= 11 is 0. The molecule has 0 amide bonds. The van der Waals surface area contributed by atoms with Gasteiger partial charge in [-0.3, -0.25) is 0 Å². The lowest BCUT2D eigenvalue weighted by Crippen LogP contribution is -2.19. The number of halogens is 3. The van der Waals surface area contributed by atoms with Crippen LogP contribution in [0.2, 0.25) is 0 Å². The van der Waals surface area contributed by atoms with Crippen LogP contribution in [0.25, 0.3) is 11.4 Å². The molecule has 8 heteroatoms. The first kappa shape index (κ1) is 12.6. The van der Waals surface area contributed by atoms with Crippen LogP contribution in [0, 0.1) is 0 Å². The number of ether oxygens (including phenoxy) is 1. The molecule has 5 nitrogen and oxygen atoms in total. The van der Waals surface area contributed by atoms with Crippen molar-refractivity contribution in [3.8, 4) is 11.4 Å². The van der Waals surface area contributed by atoms with Crippen LogP contribution >= 0.6 is 0 Å². The van der Waals surface area contributed by atoms with Gasteiger partial charge in [-0.2, -0.15) is 18.3 Å². The van der Waals surface area contributed by atoms with Gasteiger partial charge in [0.05, 0.1) is 11.8 Å². The van der Waals surface area contributed by atoms with Gasteiger partial charge in [-0.1, -0.05) is 0 Å². The van der Waals surface area contributed by atoms with E-state index < -0.39 is 12.7 Å². The fourth-order valence-corrected chi connectivity index (χ4v) is 1.46. The zero-order valence-corrected chi connectivity index (χ0v) is 9.44. The molecular weight excluding hydrogens is 251 g/mol. The molecule has 0 unspecified atom stereocenters. The van der Waals surface area contributed by atoms with Crippen LogP contribution in [0.1, 0.15) is 5.82 Å². The van der Waals surface area contributed by atoms with Crippen molar-refractivity contribution in [1.82, 2.24) is 14.8 Å². The van der Waals surface area contributed by atoms with Crippen molar-refractivity contribution in [2.45, 2.75) is 19.3 Å². The Bertz CT molecular complexity index is 505. The molecule has 0 fully saturated rings. The van der Waals surface area contributed by atoms with Crippen molar-refractivity contribution in [3.63, 3.8) is 0 Å². The minimum atomic E-state index is -4.36. The highest BCUT2D eigenvalue weighted by atomic mass is 19.4. The molecule has 0 N–H and O–H groups in total. The Morgan fingerprint density at radius 1 is 1.44 bits per heavy atom. The van der Waals surface area contributed by atoms with Crippen LogP contribution in [0.4, 0.5) is 13.2 Å². The molecule has 0 saturated carbocycles. The summed E-state index contributed by atoms with van der Waals surface area (Å²) in [5, 5.41) is 3.76. The highest BCUT2D eigenvalue weighted by molar-refractivity contribution is 5.52. The Kier molecular flexibility index (Phi) is 3.37. The Hall–Kier alpha value is -1.83. The third-order valence-electron chi connectivity index (χ3n) is 2.10. The molecule has 0 radical (unpaired) electrons. The molecule has 0 aromatic carbocycles. The SMILES string of the molecule is COCc1nc(-c2ccoc2)n(CC(F)(F)F)n1. The monoisotopic (exact) mass is 261 g/mol. The number of hydrogen-bond acceptors (Lipinski definition) is 4. The molecule has 18 heavy (non-hydrogen) atoms. The molecule has 0 atom stereocenters. The topological polar surface area (TPSA) is 53.1 Å². The minimum Gasteiger partial charge on any atom is -0.472 e. The van der Waals surface area contributed by atoms with Crippen molar-refractivity contribution in [1.29, 1.82) is 0 Å². The van der Waals surface area contributed by atoms with Crippen LogP contribution in [-0.4, -0.2) is 28.1 Å². The summed E-state index contributed by atoms with van der Waals surface area (Å²) in [5.41, 5.74) is 0.439. The fraction of sp³-hybridized carbons (Fsp3) is 0.400. The van der Waals surface area contributed by atoms with Gasteiger partial charge >= 0.3 is 6.18 Å². The second-order valence-corrected chi connectivity index (χ2v) is 3.57. The number of furan rings is 1. The van der Waals surface area contributed by atoms with Crippen LogP contribution in [-0.2, 0) is 17.9 Å². The summed E-state index contributed by atoms with van der Waals surface area (Å²) in [6, 6.07) is 1.52. The quantitative estimate of drug-likeness (QED) is 0.847. The van der Waals surface area contributed by atoms with E-state index in [1.807, 2.05) is 0 Å². The number of methoxy groups -OCH3 is 1. The minimum absolute atomic E-state index is 0.0513. The standard InChI is InChI=1S/C10H10F3N3O2/c1-17-5-8-14-9(7-2-3-18-4-7)16(15-8)6-10(11,12)13/h2-4H,5-6H2,1H3. The number of rotatable bonds is 4. The highest BCUT2D eigenvalue weighted by Crippen LogP contribution is 2.23. The van der Waals surface area contributed by atoms with Gasteiger partial charge in [-0.05, 0) is 6.07 Å². The highest BCUT2D eigenvalue weighted by Gasteiger charge is 2.30. The zero-order chi connectivity index (χ0) is 13.2. The Morgan fingerprint density at radius 2 is 2.22 bits per heavy atom. The van der Waals surface area contributed by atoms with E-state index in [4.69, 9.17) is 9.15 Å². The Labute approximate surface area is 100 Å².